The van der Waals surface area contributed by atoms with Crippen molar-refractivity contribution in [1.29, 1.82) is 0 Å². The molecule has 0 fully saturated rings. The minimum absolute atomic E-state index is 0.204. The Morgan fingerprint density at radius 2 is 1.56 bits per heavy atom. The molecule has 0 radical (unpaired) electrons. The number of benzene rings is 3. The van der Waals surface area contributed by atoms with Crippen LogP contribution in [0.1, 0.15) is 0 Å². The van der Waals surface area contributed by atoms with Gasteiger partial charge in [-0.05, 0) is 23.8 Å². The van der Waals surface area contributed by atoms with Gasteiger partial charge in [-0.3, -0.25) is 0 Å². The maximum atomic E-state index is 12.4. The van der Waals surface area contributed by atoms with Crippen LogP contribution in [0.5, 0.6) is 11.5 Å². The lowest BCUT2D eigenvalue weighted by Crippen LogP contribution is -2.19. The lowest BCUT2D eigenvalue weighted by atomic mass is 10.0. The number of hydrogen-bond donors (Lipinski definition) is 2. The van der Waals surface area contributed by atoms with Crippen LogP contribution in [0.3, 0.4) is 0 Å². The molecule has 0 atom stereocenters. The van der Waals surface area contributed by atoms with Gasteiger partial charge in [-0.2, -0.15) is 0 Å². The van der Waals surface area contributed by atoms with Crippen LogP contribution < -0.4 is 20.1 Å². The fourth-order valence-electron chi connectivity index (χ4n) is 2.72. The van der Waals surface area contributed by atoms with Gasteiger partial charge in [-0.15, -0.1) is 0 Å². The quantitative estimate of drug-likeness (QED) is 0.729. The van der Waals surface area contributed by atoms with Crippen LogP contribution in [0.25, 0.3) is 11.1 Å². The highest BCUT2D eigenvalue weighted by molar-refractivity contribution is 6.02. The van der Waals surface area contributed by atoms with Crippen LogP contribution in [0.15, 0.2) is 72.8 Å². The number of para-hydroxylation sites is 1. The average Bonchev–Trinajstić information content (AvgIpc) is 3.10. The molecule has 5 heteroatoms. The van der Waals surface area contributed by atoms with E-state index in [1.807, 2.05) is 54.6 Å². The highest BCUT2D eigenvalue weighted by Crippen LogP contribution is 2.34. The lowest BCUT2D eigenvalue weighted by molar-refractivity contribution is 0.174. The zero-order valence-electron chi connectivity index (χ0n) is 13.4. The summed E-state index contributed by atoms with van der Waals surface area (Å²) in [5.74, 6) is 1.31. The maximum Gasteiger partial charge on any atom is 0.323 e. The molecule has 0 aliphatic carbocycles. The molecule has 5 nitrogen and oxygen atoms in total. The molecule has 0 spiro atoms. The SMILES string of the molecule is O=C(Nc1ccc2c(c1)OCO2)Nc1ccccc1-c1ccccc1. The Labute approximate surface area is 145 Å². The van der Waals surface area contributed by atoms with E-state index < -0.39 is 0 Å². The summed E-state index contributed by atoms with van der Waals surface area (Å²) in [6.07, 6.45) is 0. The van der Waals surface area contributed by atoms with Gasteiger partial charge < -0.3 is 20.1 Å². The normalized spacial score (nSPS) is 11.8. The molecule has 0 saturated heterocycles. The van der Waals surface area contributed by atoms with Crippen LogP contribution in [0.2, 0.25) is 0 Å². The number of carbonyl (C=O) groups excluding carboxylic acids is 1. The molecule has 1 aliphatic heterocycles. The number of ether oxygens (including phenoxy) is 2. The number of hydrogen-bond acceptors (Lipinski definition) is 3. The topological polar surface area (TPSA) is 59.6 Å². The second-order valence-electron chi connectivity index (χ2n) is 5.56. The minimum Gasteiger partial charge on any atom is -0.454 e. The first-order chi connectivity index (χ1) is 12.3. The fraction of sp³-hybridized carbons (Fsp3) is 0.0500. The summed E-state index contributed by atoms with van der Waals surface area (Å²) in [4.78, 5) is 12.4. The van der Waals surface area contributed by atoms with Gasteiger partial charge in [0, 0.05) is 17.3 Å². The molecule has 3 aromatic carbocycles. The molecule has 0 aromatic heterocycles. The standard InChI is InChI=1S/C20H16N2O3/c23-20(21-15-10-11-18-19(12-15)25-13-24-18)22-17-9-5-4-8-16(17)14-6-2-1-3-7-14/h1-12H,13H2,(H2,21,22,23). The highest BCUT2D eigenvalue weighted by Gasteiger charge is 2.14. The van der Waals surface area contributed by atoms with Crippen LogP contribution in [0, 0.1) is 0 Å². The first-order valence-electron chi connectivity index (χ1n) is 7.92. The monoisotopic (exact) mass is 332 g/mol. The largest absolute Gasteiger partial charge is 0.454 e. The van der Waals surface area contributed by atoms with Gasteiger partial charge in [-0.25, -0.2) is 4.79 Å². The number of amides is 2. The fourth-order valence-corrected chi connectivity index (χ4v) is 2.72. The Morgan fingerprint density at radius 1 is 0.800 bits per heavy atom. The van der Waals surface area contributed by atoms with Crippen molar-refractivity contribution < 1.29 is 14.3 Å². The smallest absolute Gasteiger partial charge is 0.323 e. The Morgan fingerprint density at radius 3 is 2.44 bits per heavy atom. The summed E-state index contributed by atoms with van der Waals surface area (Å²) in [7, 11) is 0. The Bertz CT molecular complexity index is 910. The minimum atomic E-state index is -0.317. The predicted molar refractivity (Wildman–Crippen MR) is 97.1 cm³/mol. The summed E-state index contributed by atoms with van der Waals surface area (Å²) in [6.45, 7) is 0.204. The molecule has 124 valence electrons. The molecule has 0 unspecified atom stereocenters. The molecule has 0 saturated carbocycles. The molecule has 2 N–H and O–H groups in total. The molecule has 1 heterocycles. The van der Waals surface area contributed by atoms with Crippen molar-refractivity contribution in [3.05, 3.63) is 72.8 Å². The van der Waals surface area contributed by atoms with E-state index in [2.05, 4.69) is 10.6 Å². The van der Waals surface area contributed by atoms with E-state index in [1.54, 1.807) is 18.2 Å². The second-order valence-corrected chi connectivity index (χ2v) is 5.56. The third-order valence-electron chi connectivity index (χ3n) is 3.89. The van der Waals surface area contributed by atoms with Gasteiger partial charge >= 0.3 is 6.03 Å². The number of anilines is 2. The zero-order valence-corrected chi connectivity index (χ0v) is 13.4. The molecule has 25 heavy (non-hydrogen) atoms. The summed E-state index contributed by atoms with van der Waals surface area (Å²) in [5, 5.41) is 5.72. The number of urea groups is 1. The molecular formula is C20H16N2O3. The van der Waals surface area contributed by atoms with Gasteiger partial charge in [-0.1, -0.05) is 48.5 Å². The number of carbonyl (C=O) groups is 1. The van der Waals surface area contributed by atoms with Gasteiger partial charge in [0.15, 0.2) is 11.5 Å². The van der Waals surface area contributed by atoms with E-state index in [1.165, 1.54) is 0 Å². The maximum absolute atomic E-state index is 12.4. The van der Waals surface area contributed by atoms with Gasteiger partial charge in [0.2, 0.25) is 6.79 Å². The Hall–Kier alpha value is -3.47. The van der Waals surface area contributed by atoms with Crippen LogP contribution in [0.4, 0.5) is 16.2 Å². The van der Waals surface area contributed by atoms with E-state index in [0.29, 0.717) is 17.2 Å². The lowest BCUT2D eigenvalue weighted by Gasteiger charge is -2.12. The molecule has 0 bridgehead atoms. The summed E-state index contributed by atoms with van der Waals surface area (Å²) >= 11 is 0. The van der Waals surface area contributed by atoms with Crippen LogP contribution in [-0.2, 0) is 0 Å². The van der Waals surface area contributed by atoms with Crippen molar-refractivity contribution in [1.82, 2.24) is 0 Å². The number of nitrogens with one attached hydrogen (secondary N) is 2. The van der Waals surface area contributed by atoms with E-state index in [-0.39, 0.29) is 12.8 Å². The Balaban J connectivity index is 1.52. The van der Waals surface area contributed by atoms with E-state index in [4.69, 9.17) is 9.47 Å². The molecular weight excluding hydrogens is 316 g/mol. The first kappa shape index (κ1) is 15.1. The number of rotatable bonds is 3. The Kier molecular flexibility index (Phi) is 3.96. The highest BCUT2D eigenvalue weighted by atomic mass is 16.7. The van der Waals surface area contributed by atoms with E-state index in [9.17, 15) is 4.79 Å². The van der Waals surface area contributed by atoms with Crippen molar-refractivity contribution in [3.63, 3.8) is 0 Å². The van der Waals surface area contributed by atoms with Crippen molar-refractivity contribution in [2.75, 3.05) is 17.4 Å². The predicted octanol–water partition coefficient (Wildman–Crippen LogP) is 4.73. The zero-order chi connectivity index (χ0) is 17.1. The number of fused-ring (bicyclic) bond motifs is 1. The summed E-state index contributed by atoms with van der Waals surface area (Å²) < 4.78 is 10.6. The van der Waals surface area contributed by atoms with E-state index >= 15 is 0 Å². The van der Waals surface area contributed by atoms with Gasteiger partial charge in [0.25, 0.3) is 0 Å². The van der Waals surface area contributed by atoms with Gasteiger partial charge in [0.1, 0.15) is 0 Å². The van der Waals surface area contributed by atoms with Gasteiger partial charge in [0.05, 0.1) is 5.69 Å². The average molecular weight is 332 g/mol. The summed E-state index contributed by atoms with van der Waals surface area (Å²) in [5.41, 5.74) is 3.39. The molecule has 1 aliphatic rings. The first-order valence-corrected chi connectivity index (χ1v) is 7.92. The summed E-state index contributed by atoms with van der Waals surface area (Å²) in [6, 6.07) is 22.6. The van der Waals surface area contributed by atoms with Crippen LogP contribution in [-0.4, -0.2) is 12.8 Å². The van der Waals surface area contributed by atoms with Crippen molar-refractivity contribution in [2.45, 2.75) is 0 Å². The van der Waals surface area contributed by atoms with E-state index in [0.717, 1.165) is 16.8 Å². The third kappa shape index (κ3) is 3.26. The third-order valence-corrected chi connectivity index (χ3v) is 3.89. The molecule has 2 amide bonds. The van der Waals surface area contributed by atoms with Crippen molar-refractivity contribution in [2.24, 2.45) is 0 Å². The molecule has 4 rings (SSSR count). The second kappa shape index (κ2) is 6.57. The van der Waals surface area contributed by atoms with Crippen molar-refractivity contribution in [3.8, 4) is 22.6 Å². The van der Waals surface area contributed by atoms with Crippen LogP contribution >= 0.6 is 0 Å². The van der Waals surface area contributed by atoms with Crippen molar-refractivity contribution >= 4 is 17.4 Å². The molecule has 3 aromatic rings.